The SMILES string of the molecule is C=C1NC=C(COC(=O)/C=C/C(=O)OCC)C(=O)N1. The third-order valence-electron chi connectivity index (χ3n) is 1.99. The van der Waals surface area contributed by atoms with Crippen LogP contribution in [0, 0.1) is 0 Å². The maximum Gasteiger partial charge on any atom is 0.331 e. The summed E-state index contributed by atoms with van der Waals surface area (Å²) in [5.74, 6) is -1.42. The number of hydrogen-bond acceptors (Lipinski definition) is 6. The van der Waals surface area contributed by atoms with Gasteiger partial charge in [-0.05, 0) is 6.92 Å². The fraction of sp³-hybridized carbons (Fsp3) is 0.250. The molecule has 19 heavy (non-hydrogen) atoms. The fourth-order valence-electron chi connectivity index (χ4n) is 1.12. The summed E-state index contributed by atoms with van der Waals surface area (Å²) in [4.78, 5) is 33.6. The van der Waals surface area contributed by atoms with Crippen molar-refractivity contribution < 1.29 is 23.9 Å². The monoisotopic (exact) mass is 266 g/mol. The van der Waals surface area contributed by atoms with Crippen molar-refractivity contribution in [2.24, 2.45) is 0 Å². The Labute approximate surface area is 109 Å². The highest BCUT2D eigenvalue weighted by atomic mass is 16.5. The molecule has 0 aromatic carbocycles. The summed E-state index contributed by atoms with van der Waals surface area (Å²) in [5.41, 5.74) is 0.241. The molecule has 0 unspecified atom stereocenters. The van der Waals surface area contributed by atoms with Crippen LogP contribution < -0.4 is 10.6 Å². The van der Waals surface area contributed by atoms with Crippen LogP contribution in [0.2, 0.25) is 0 Å². The second-order valence-corrected chi connectivity index (χ2v) is 3.44. The summed E-state index contributed by atoms with van der Waals surface area (Å²) in [5, 5.41) is 5.11. The van der Waals surface area contributed by atoms with E-state index in [1.165, 1.54) is 6.20 Å². The van der Waals surface area contributed by atoms with Gasteiger partial charge in [0.1, 0.15) is 12.4 Å². The molecule has 0 spiro atoms. The minimum atomic E-state index is -0.744. The molecule has 1 rings (SSSR count). The lowest BCUT2D eigenvalue weighted by molar-refractivity contribution is -0.140. The molecule has 0 saturated carbocycles. The molecule has 7 heteroatoms. The van der Waals surface area contributed by atoms with Gasteiger partial charge in [-0.1, -0.05) is 6.58 Å². The maximum atomic E-state index is 11.4. The standard InChI is InChI=1S/C12H14N2O5/c1-3-18-10(15)4-5-11(16)19-7-9-6-13-8(2)14-12(9)17/h4-6,13H,2-3,7H2,1H3,(H,14,17)/b5-4+. The summed E-state index contributed by atoms with van der Waals surface area (Å²) in [7, 11) is 0. The van der Waals surface area contributed by atoms with Crippen LogP contribution >= 0.6 is 0 Å². The van der Waals surface area contributed by atoms with Gasteiger partial charge in [0.2, 0.25) is 0 Å². The topological polar surface area (TPSA) is 93.7 Å². The van der Waals surface area contributed by atoms with E-state index < -0.39 is 17.8 Å². The van der Waals surface area contributed by atoms with E-state index in [1.807, 2.05) is 0 Å². The Kier molecular flexibility index (Phi) is 5.34. The van der Waals surface area contributed by atoms with Crippen LogP contribution in [-0.4, -0.2) is 31.1 Å². The molecule has 7 nitrogen and oxygen atoms in total. The van der Waals surface area contributed by atoms with Gasteiger partial charge in [0, 0.05) is 18.4 Å². The molecule has 0 bridgehead atoms. The minimum absolute atomic E-state index is 0.210. The highest BCUT2D eigenvalue weighted by Crippen LogP contribution is 2.01. The Morgan fingerprint density at radius 1 is 1.32 bits per heavy atom. The largest absolute Gasteiger partial charge is 0.463 e. The summed E-state index contributed by atoms with van der Waals surface area (Å²) in [6.45, 7) is 5.17. The molecule has 0 aliphatic carbocycles. The Bertz CT molecular complexity index is 465. The molecular weight excluding hydrogens is 252 g/mol. The smallest absolute Gasteiger partial charge is 0.331 e. The highest BCUT2D eigenvalue weighted by Gasteiger charge is 2.16. The van der Waals surface area contributed by atoms with Crippen LogP contribution in [0.15, 0.2) is 36.3 Å². The lowest BCUT2D eigenvalue weighted by Gasteiger charge is -2.16. The van der Waals surface area contributed by atoms with E-state index in [1.54, 1.807) is 6.92 Å². The van der Waals surface area contributed by atoms with Crippen molar-refractivity contribution in [1.82, 2.24) is 10.6 Å². The van der Waals surface area contributed by atoms with Gasteiger partial charge in [-0.2, -0.15) is 0 Å². The molecule has 1 amide bonds. The Hall–Kier alpha value is -2.57. The van der Waals surface area contributed by atoms with Crippen molar-refractivity contribution in [3.05, 3.63) is 36.3 Å². The van der Waals surface area contributed by atoms with Gasteiger partial charge in [-0.3, -0.25) is 4.79 Å². The summed E-state index contributed by atoms with van der Waals surface area (Å²) in [6, 6.07) is 0. The number of rotatable bonds is 5. The molecule has 1 aliphatic rings. The van der Waals surface area contributed by atoms with Crippen molar-refractivity contribution in [1.29, 1.82) is 0 Å². The number of esters is 2. The molecule has 0 saturated heterocycles. The first-order valence-corrected chi connectivity index (χ1v) is 5.50. The maximum absolute atomic E-state index is 11.4. The number of hydrogen-bond donors (Lipinski definition) is 2. The van der Waals surface area contributed by atoms with E-state index in [0.717, 1.165) is 12.2 Å². The van der Waals surface area contributed by atoms with Crippen molar-refractivity contribution in [3.63, 3.8) is 0 Å². The molecule has 1 aliphatic heterocycles. The van der Waals surface area contributed by atoms with Gasteiger partial charge in [-0.25, -0.2) is 9.59 Å². The molecule has 2 N–H and O–H groups in total. The van der Waals surface area contributed by atoms with Gasteiger partial charge in [-0.15, -0.1) is 0 Å². The van der Waals surface area contributed by atoms with E-state index in [-0.39, 0.29) is 18.8 Å². The molecule has 0 atom stereocenters. The molecule has 0 aromatic rings. The van der Waals surface area contributed by atoms with E-state index in [0.29, 0.717) is 5.82 Å². The zero-order valence-electron chi connectivity index (χ0n) is 10.4. The fourth-order valence-corrected chi connectivity index (χ4v) is 1.12. The van der Waals surface area contributed by atoms with Crippen LogP contribution in [0.1, 0.15) is 6.92 Å². The molecular formula is C12H14N2O5. The minimum Gasteiger partial charge on any atom is -0.463 e. The summed E-state index contributed by atoms with van der Waals surface area (Å²) in [6.07, 6.45) is 3.29. The van der Waals surface area contributed by atoms with Crippen molar-refractivity contribution in [2.75, 3.05) is 13.2 Å². The average Bonchev–Trinajstić information content (AvgIpc) is 2.35. The van der Waals surface area contributed by atoms with Crippen LogP contribution in [0.25, 0.3) is 0 Å². The summed E-state index contributed by atoms with van der Waals surface area (Å²) < 4.78 is 9.37. The Morgan fingerprint density at radius 3 is 2.53 bits per heavy atom. The zero-order valence-corrected chi connectivity index (χ0v) is 10.4. The number of nitrogens with one attached hydrogen (secondary N) is 2. The Balaban J connectivity index is 2.40. The Morgan fingerprint density at radius 2 is 1.95 bits per heavy atom. The first-order valence-electron chi connectivity index (χ1n) is 5.50. The van der Waals surface area contributed by atoms with E-state index in [4.69, 9.17) is 4.74 Å². The number of carbonyl (C=O) groups excluding carboxylic acids is 3. The molecule has 0 aromatic heterocycles. The predicted molar refractivity (Wildman–Crippen MR) is 65.2 cm³/mol. The quantitative estimate of drug-likeness (QED) is 0.525. The van der Waals surface area contributed by atoms with Crippen LogP contribution in [0.4, 0.5) is 0 Å². The normalized spacial score (nSPS) is 14.5. The van der Waals surface area contributed by atoms with Gasteiger partial charge in [0.25, 0.3) is 5.91 Å². The molecule has 102 valence electrons. The third-order valence-corrected chi connectivity index (χ3v) is 1.99. The van der Waals surface area contributed by atoms with Crippen LogP contribution in [0.5, 0.6) is 0 Å². The first kappa shape index (κ1) is 14.5. The average molecular weight is 266 g/mol. The molecule has 0 fully saturated rings. The van der Waals surface area contributed by atoms with Crippen molar-refractivity contribution in [3.8, 4) is 0 Å². The summed E-state index contributed by atoms with van der Waals surface area (Å²) >= 11 is 0. The molecule has 1 heterocycles. The highest BCUT2D eigenvalue weighted by molar-refractivity contribution is 5.96. The van der Waals surface area contributed by atoms with Gasteiger partial charge >= 0.3 is 11.9 Å². The van der Waals surface area contributed by atoms with Crippen molar-refractivity contribution in [2.45, 2.75) is 6.92 Å². The first-order chi connectivity index (χ1) is 9.02. The van der Waals surface area contributed by atoms with E-state index in [2.05, 4.69) is 21.9 Å². The van der Waals surface area contributed by atoms with Gasteiger partial charge in [0.05, 0.1) is 12.2 Å². The van der Waals surface area contributed by atoms with Gasteiger partial charge in [0.15, 0.2) is 0 Å². The number of ether oxygens (including phenoxy) is 2. The van der Waals surface area contributed by atoms with E-state index >= 15 is 0 Å². The van der Waals surface area contributed by atoms with E-state index in [9.17, 15) is 14.4 Å². The lowest BCUT2D eigenvalue weighted by atomic mass is 10.2. The predicted octanol–water partition coefficient (Wildman–Crippen LogP) is -0.277. The second-order valence-electron chi connectivity index (χ2n) is 3.44. The zero-order chi connectivity index (χ0) is 14.3. The third kappa shape index (κ3) is 5.07. The lowest BCUT2D eigenvalue weighted by Crippen LogP contribution is -2.36. The second kappa shape index (κ2) is 7.00. The van der Waals surface area contributed by atoms with Crippen LogP contribution in [0.3, 0.4) is 0 Å². The number of amides is 1. The van der Waals surface area contributed by atoms with Gasteiger partial charge < -0.3 is 20.1 Å². The molecule has 0 radical (unpaired) electrons. The van der Waals surface area contributed by atoms with Crippen LogP contribution in [-0.2, 0) is 23.9 Å². The van der Waals surface area contributed by atoms with Crippen molar-refractivity contribution >= 4 is 17.8 Å². The number of carbonyl (C=O) groups is 3.